The second kappa shape index (κ2) is 3.74. The van der Waals surface area contributed by atoms with Crippen molar-refractivity contribution in [3.8, 4) is 0 Å². The van der Waals surface area contributed by atoms with E-state index in [-0.39, 0.29) is 11.3 Å². The van der Waals surface area contributed by atoms with Gasteiger partial charge in [-0.1, -0.05) is 27.7 Å². The van der Waals surface area contributed by atoms with Crippen molar-refractivity contribution in [1.82, 2.24) is 4.90 Å². The summed E-state index contributed by atoms with van der Waals surface area (Å²) >= 11 is 0. The van der Waals surface area contributed by atoms with Gasteiger partial charge in [0.15, 0.2) is 0 Å². The monoisotopic (exact) mass is 156 g/mol. The molecule has 0 rings (SSSR count). The number of carbonyl (C=O) groups excluding carboxylic acids is 1. The highest BCUT2D eigenvalue weighted by Crippen LogP contribution is 2.16. The van der Waals surface area contributed by atoms with E-state index < -0.39 is 0 Å². The molecule has 1 amide bonds. The number of hydrogen-bond acceptors (Lipinski definition) is 1. The largest absolute Gasteiger partial charge is 0.345 e. The van der Waals surface area contributed by atoms with E-state index in [2.05, 4.69) is 6.92 Å². The molecule has 1 radical (unpaired) electrons. The van der Waals surface area contributed by atoms with Crippen LogP contribution < -0.4 is 0 Å². The average Bonchev–Trinajstić information content (AvgIpc) is 1.85. The van der Waals surface area contributed by atoms with E-state index in [1.807, 2.05) is 27.8 Å². The summed E-state index contributed by atoms with van der Waals surface area (Å²) in [6.07, 6.45) is 0.776. The van der Waals surface area contributed by atoms with Crippen molar-refractivity contribution in [2.75, 3.05) is 13.6 Å². The van der Waals surface area contributed by atoms with Gasteiger partial charge in [0, 0.05) is 19.0 Å². The second-order valence-corrected chi connectivity index (χ2v) is 3.83. The number of hydrogen-bond donors (Lipinski definition) is 0. The van der Waals surface area contributed by atoms with E-state index in [0.29, 0.717) is 0 Å². The van der Waals surface area contributed by atoms with Crippen LogP contribution in [0.3, 0.4) is 0 Å². The van der Waals surface area contributed by atoms with Gasteiger partial charge in [-0.05, 0) is 6.42 Å². The molecule has 0 aliphatic rings. The van der Waals surface area contributed by atoms with Crippen LogP contribution >= 0.6 is 0 Å². The van der Waals surface area contributed by atoms with E-state index in [0.717, 1.165) is 13.0 Å². The lowest BCUT2D eigenvalue weighted by molar-refractivity contribution is -0.138. The zero-order chi connectivity index (χ0) is 9.07. The molecule has 0 aliphatic carbocycles. The third-order valence-electron chi connectivity index (χ3n) is 1.48. The third-order valence-corrected chi connectivity index (χ3v) is 1.48. The Labute approximate surface area is 69.6 Å². The summed E-state index contributed by atoms with van der Waals surface area (Å²) in [4.78, 5) is 13.2. The first kappa shape index (κ1) is 10.5. The summed E-state index contributed by atoms with van der Waals surface area (Å²) in [5.41, 5.74) is -0.260. The molecule has 11 heavy (non-hydrogen) atoms. The fourth-order valence-electron chi connectivity index (χ4n) is 0.911. The predicted molar refractivity (Wildman–Crippen MR) is 47.1 cm³/mol. The molecule has 0 heterocycles. The van der Waals surface area contributed by atoms with Crippen molar-refractivity contribution < 1.29 is 4.79 Å². The highest BCUT2D eigenvalue weighted by atomic mass is 16.2. The average molecular weight is 156 g/mol. The summed E-state index contributed by atoms with van der Waals surface area (Å²) < 4.78 is 0. The van der Waals surface area contributed by atoms with Crippen LogP contribution in [-0.2, 0) is 4.79 Å². The molecule has 0 atom stereocenters. The molecule has 0 aromatic carbocycles. The number of nitrogens with zero attached hydrogens (tertiary/aromatic N) is 1. The summed E-state index contributed by atoms with van der Waals surface area (Å²) in [5, 5.41) is 0. The van der Waals surface area contributed by atoms with Gasteiger partial charge in [0.1, 0.15) is 0 Å². The Hall–Kier alpha value is -0.530. The number of rotatable bonds is 2. The molecule has 0 aliphatic heterocycles. The Morgan fingerprint density at radius 1 is 1.45 bits per heavy atom. The van der Waals surface area contributed by atoms with E-state index in [1.165, 1.54) is 0 Å². The van der Waals surface area contributed by atoms with Gasteiger partial charge in [-0.25, -0.2) is 0 Å². The van der Waals surface area contributed by atoms with Crippen LogP contribution in [0.15, 0.2) is 0 Å². The molecule has 0 unspecified atom stereocenters. The fraction of sp³-hybridized carbons (Fsp3) is 0.778. The first-order chi connectivity index (χ1) is 4.89. The van der Waals surface area contributed by atoms with Gasteiger partial charge in [-0.15, -0.1) is 0 Å². The first-order valence-electron chi connectivity index (χ1n) is 3.94. The fourth-order valence-corrected chi connectivity index (χ4v) is 0.911. The quantitative estimate of drug-likeness (QED) is 0.596. The number of amides is 1. The molecule has 0 saturated heterocycles. The van der Waals surface area contributed by atoms with Crippen LogP contribution in [-0.4, -0.2) is 24.4 Å². The van der Waals surface area contributed by atoms with Crippen LogP contribution in [0.2, 0.25) is 0 Å². The Morgan fingerprint density at radius 3 is 2.18 bits per heavy atom. The van der Waals surface area contributed by atoms with Gasteiger partial charge in [0.05, 0.1) is 0 Å². The highest BCUT2D eigenvalue weighted by molar-refractivity contribution is 5.81. The third kappa shape index (κ3) is 3.40. The predicted octanol–water partition coefficient (Wildman–Crippen LogP) is 1.72. The van der Waals surface area contributed by atoms with Crippen LogP contribution in [0.4, 0.5) is 0 Å². The van der Waals surface area contributed by atoms with Crippen molar-refractivity contribution in [3.63, 3.8) is 0 Å². The normalized spacial score (nSPS) is 11.4. The molecule has 0 saturated carbocycles. The van der Waals surface area contributed by atoms with Crippen LogP contribution in [0.5, 0.6) is 0 Å². The van der Waals surface area contributed by atoms with Crippen LogP contribution in [0.1, 0.15) is 27.2 Å². The highest BCUT2D eigenvalue weighted by Gasteiger charge is 2.23. The van der Waals surface area contributed by atoms with Crippen LogP contribution in [0, 0.1) is 12.3 Å². The SMILES string of the molecule is [CH2]CCN(C)C(=O)C(C)(C)C. The molecular formula is C9H18NO. The van der Waals surface area contributed by atoms with Gasteiger partial charge in [0.25, 0.3) is 0 Å². The molecule has 0 N–H and O–H groups in total. The van der Waals surface area contributed by atoms with Crippen molar-refractivity contribution in [1.29, 1.82) is 0 Å². The van der Waals surface area contributed by atoms with Crippen molar-refractivity contribution in [2.24, 2.45) is 5.41 Å². The zero-order valence-electron chi connectivity index (χ0n) is 7.98. The molecule has 0 bridgehead atoms. The maximum Gasteiger partial charge on any atom is 0.227 e. The topological polar surface area (TPSA) is 20.3 Å². The summed E-state index contributed by atoms with van der Waals surface area (Å²) in [7, 11) is 1.82. The molecular weight excluding hydrogens is 138 g/mol. The molecule has 65 valence electrons. The minimum absolute atomic E-state index is 0.182. The van der Waals surface area contributed by atoms with Gasteiger partial charge >= 0.3 is 0 Å². The lowest BCUT2D eigenvalue weighted by atomic mass is 9.95. The maximum absolute atomic E-state index is 11.5. The van der Waals surface area contributed by atoms with Gasteiger partial charge in [-0.3, -0.25) is 4.79 Å². The molecule has 2 heteroatoms. The van der Waals surface area contributed by atoms with E-state index in [9.17, 15) is 4.79 Å². The van der Waals surface area contributed by atoms with Crippen LogP contribution in [0.25, 0.3) is 0 Å². The molecule has 0 aromatic heterocycles. The standard InChI is InChI=1S/C9H18NO/c1-6-7-10(5)8(11)9(2,3)4/h1,6-7H2,2-5H3. The molecule has 0 aromatic rings. The Bertz CT molecular complexity index is 135. The Balaban J connectivity index is 4.03. The van der Waals surface area contributed by atoms with E-state index in [1.54, 1.807) is 4.90 Å². The number of carbonyl (C=O) groups is 1. The lowest BCUT2D eigenvalue weighted by Crippen LogP contribution is -2.36. The zero-order valence-corrected chi connectivity index (χ0v) is 7.98. The Kier molecular flexibility index (Phi) is 3.56. The smallest absolute Gasteiger partial charge is 0.227 e. The molecule has 2 nitrogen and oxygen atoms in total. The summed E-state index contributed by atoms with van der Waals surface area (Å²) in [5.74, 6) is 0.182. The maximum atomic E-state index is 11.5. The summed E-state index contributed by atoms with van der Waals surface area (Å²) in [6.45, 7) is 10.2. The van der Waals surface area contributed by atoms with E-state index in [4.69, 9.17) is 0 Å². The summed E-state index contributed by atoms with van der Waals surface area (Å²) in [6, 6.07) is 0. The lowest BCUT2D eigenvalue weighted by Gasteiger charge is -2.25. The minimum atomic E-state index is -0.260. The van der Waals surface area contributed by atoms with Crippen molar-refractivity contribution in [2.45, 2.75) is 27.2 Å². The first-order valence-corrected chi connectivity index (χ1v) is 3.94. The van der Waals surface area contributed by atoms with Crippen molar-refractivity contribution in [3.05, 3.63) is 6.92 Å². The minimum Gasteiger partial charge on any atom is -0.345 e. The van der Waals surface area contributed by atoms with Gasteiger partial charge in [0.2, 0.25) is 5.91 Å². The van der Waals surface area contributed by atoms with E-state index >= 15 is 0 Å². The Morgan fingerprint density at radius 2 is 1.91 bits per heavy atom. The second-order valence-electron chi connectivity index (χ2n) is 3.83. The molecule has 0 spiro atoms. The molecule has 0 fully saturated rings. The van der Waals surface area contributed by atoms with Gasteiger partial charge < -0.3 is 4.90 Å². The van der Waals surface area contributed by atoms with Crippen molar-refractivity contribution >= 4 is 5.91 Å². The van der Waals surface area contributed by atoms with Gasteiger partial charge in [-0.2, -0.15) is 0 Å².